The topological polar surface area (TPSA) is 15.3 Å². The maximum atomic E-state index is 3.58. The Balaban J connectivity index is 1.76. The monoisotopic (exact) mass is 264 g/mol. The molecule has 1 aromatic heterocycles. The molecule has 0 amide bonds. The van der Waals surface area contributed by atoms with Crippen LogP contribution in [0, 0.1) is 5.92 Å². The maximum Gasteiger partial charge on any atom is 0.0417 e. The highest BCUT2D eigenvalue weighted by molar-refractivity contribution is 7.12. The number of aryl methyl sites for hydroxylation is 1. The molecule has 0 saturated carbocycles. The first-order valence-corrected chi connectivity index (χ1v) is 8.16. The molecule has 0 aromatic carbocycles. The number of thiophene rings is 1. The highest BCUT2D eigenvalue weighted by Crippen LogP contribution is 2.35. The predicted octanol–water partition coefficient (Wildman–Crippen LogP) is 3.06. The Hall–Kier alpha value is -0.380. The van der Waals surface area contributed by atoms with Gasteiger partial charge in [-0.25, -0.2) is 0 Å². The van der Waals surface area contributed by atoms with Crippen molar-refractivity contribution in [2.75, 3.05) is 19.6 Å². The Labute approximate surface area is 114 Å². The maximum absolute atomic E-state index is 3.58. The molecular formula is C15H24N2S. The van der Waals surface area contributed by atoms with E-state index >= 15 is 0 Å². The minimum atomic E-state index is 0.600. The molecule has 18 heavy (non-hydrogen) atoms. The highest BCUT2D eigenvalue weighted by atomic mass is 32.1. The van der Waals surface area contributed by atoms with Crippen molar-refractivity contribution >= 4 is 11.3 Å². The minimum absolute atomic E-state index is 0.600. The zero-order valence-corrected chi connectivity index (χ0v) is 12.3. The molecule has 0 radical (unpaired) electrons. The van der Waals surface area contributed by atoms with Crippen LogP contribution < -0.4 is 5.32 Å². The van der Waals surface area contributed by atoms with Gasteiger partial charge in [0.1, 0.15) is 0 Å². The lowest BCUT2D eigenvalue weighted by molar-refractivity contribution is 0.0862. The molecule has 2 aliphatic heterocycles. The summed E-state index contributed by atoms with van der Waals surface area (Å²) < 4.78 is 0. The Kier molecular flexibility index (Phi) is 3.73. The molecule has 2 saturated heterocycles. The molecule has 3 rings (SSSR count). The smallest absolute Gasteiger partial charge is 0.0417 e. The number of likely N-dealkylation sites (tertiary alicyclic amines) is 1. The van der Waals surface area contributed by atoms with Crippen LogP contribution in [0.5, 0.6) is 0 Å². The molecule has 0 aliphatic carbocycles. The molecule has 0 spiro atoms. The van der Waals surface area contributed by atoms with E-state index in [4.69, 9.17) is 0 Å². The molecule has 2 fully saturated rings. The summed E-state index contributed by atoms with van der Waals surface area (Å²) in [7, 11) is 0. The van der Waals surface area contributed by atoms with Crippen LogP contribution in [0.2, 0.25) is 0 Å². The van der Waals surface area contributed by atoms with E-state index in [-0.39, 0.29) is 0 Å². The van der Waals surface area contributed by atoms with Gasteiger partial charge in [-0.15, -0.1) is 11.3 Å². The second kappa shape index (κ2) is 5.32. The number of hydrogen-bond acceptors (Lipinski definition) is 3. The fourth-order valence-electron chi connectivity index (χ4n) is 3.56. The summed E-state index contributed by atoms with van der Waals surface area (Å²) in [6.45, 7) is 8.35. The van der Waals surface area contributed by atoms with E-state index in [9.17, 15) is 0 Å². The van der Waals surface area contributed by atoms with E-state index < -0.39 is 0 Å². The quantitative estimate of drug-likeness (QED) is 0.902. The van der Waals surface area contributed by atoms with Crippen LogP contribution in [0.15, 0.2) is 12.1 Å². The van der Waals surface area contributed by atoms with E-state index in [1.807, 2.05) is 11.3 Å². The average Bonchev–Trinajstić information content (AvgIpc) is 3.05. The van der Waals surface area contributed by atoms with E-state index in [0.29, 0.717) is 6.04 Å². The van der Waals surface area contributed by atoms with E-state index in [1.54, 1.807) is 4.88 Å². The van der Waals surface area contributed by atoms with Gasteiger partial charge >= 0.3 is 0 Å². The van der Waals surface area contributed by atoms with Crippen molar-refractivity contribution in [1.82, 2.24) is 10.2 Å². The van der Waals surface area contributed by atoms with Crippen LogP contribution >= 0.6 is 11.3 Å². The van der Waals surface area contributed by atoms with Gasteiger partial charge < -0.3 is 5.32 Å². The third-order valence-electron chi connectivity index (χ3n) is 4.66. The van der Waals surface area contributed by atoms with Gasteiger partial charge in [-0.05, 0) is 57.3 Å². The number of nitrogens with zero attached hydrogens (tertiary/aromatic N) is 1. The summed E-state index contributed by atoms with van der Waals surface area (Å²) in [6, 6.07) is 6.04. The minimum Gasteiger partial charge on any atom is -0.315 e. The van der Waals surface area contributed by atoms with Gasteiger partial charge in [-0.3, -0.25) is 4.90 Å². The van der Waals surface area contributed by atoms with Gasteiger partial charge in [0, 0.05) is 28.4 Å². The molecule has 1 aromatic rings. The summed E-state index contributed by atoms with van der Waals surface area (Å²) in [6.07, 6.45) is 3.97. The zero-order chi connectivity index (χ0) is 12.5. The lowest BCUT2D eigenvalue weighted by Crippen LogP contribution is -2.45. The van der Waals surface area contributed by atoms with E-state index in [0.717, 1.165) is 12.0 Å². The van der Waals surface area contributed by atoms with Crippen LogP contribution in [0.3, 0.4) is 0 Å². The first-order chi connectivity index (χ1) is 8.79. The number of piperidine rings is 1. The van der Waals surface area contributed by atoms with Crippen molar-refractivity contribution in [2.24, 2.45) is 5.92 Å². The molecule has 1 N–H and O–H groups in total. The summed E-state index contributed by atoms with van der Waals surface area (Å²) in [5, 5.41) is 3.58. The lowest BCUT2D eigenvalue weighted by Gasteiger charge is -2.40. The lowest BCUT2D eigenvalue weighted by atomic mass is 9.91. The van der Waals surface area contributed by atoms with Crippen molar-refractivity contribution in [3.8, 4) is 0 Å². The number of hydrogen-bond donors (Lipinski definition) is 1. The highest BCUT2D eigenvalue weighted by Gasteiger charge is 2.37. The largest absolute Gasteiger partial charge is 0.315 e. The Morgan fingerprint density at radius 3 is 3.11 bits per heavy atom. The summed E-state index contributed by atoms with van der Waals surface area (Å²) in [4.78, 5) is 5.83. The van der Waals surface area contributed by atoms with Gasteiger partial charge in [0.2, 0.25) is 0 Å². The SMILES string of the molecule is CCc1ccc(C(C)N2CCCC3CNCC32)s1. The molecule has 3 heterocycles. The van der Waals surface area contributed by atoms with Gasteiger partial charge in [-0.1, -0.05) is 6.92 Å². The van der Waals surface area contributed by atoms with Crippen molar-refractivity contribution in [1.29, 1.82) is 0 Å². The molecule has 3 unspecified atom stereocenters. The molecule has 2 aliphatic rings. The van der Waals surface area contributed by atoms with Crippen LogP contribution in [-0.4, -0.2) is 30.6 Å². The predicted molar refractivity (Wildman–Crippen MR) is 78.2 cm³/mol. The summed E-state index contributed by atoms with van der Waals surface area (Å²) in [5.41, 5.74) is 0. The fourth-order valence-corrected chi connectivity index (χ4v) is 4.58. The van der Waals surface area contributed by atoms with Crippen LogP contribution in [0.25, 0.3) is 0 Å². The van der Waals surface area contributed by atoms with Crippen molar-refractivity contribution < 1.29 is 0 Å². The fraction of sp³-hybridized carbons (Fsp3) is 0.733. The van der Waals surface area contributed by atoms with Gasteiger partial charge in [0.15, 0.2) is 0 Å². The standard InChI is InChI=1S/C15H24N2S/c1-3-13-6-7-15(18-13)11(2)17-8-4-5-12-9-16-10-14(12)17/h6-7,11-12,14,16H,3-5,8-10H2,1-2H3. The molecule has 100 valence electrons. The van der Waals surface area contributed by atoms with Crippen molar-refractivity contribution in [3.05, 3.63) is 21.9 Å². The molecular weight excluding hydrogens is 240 g/mol. The molecule has 2 nitrogen and oxygen atoms in total. The molecule has 0 bridgehead atoms. The van der Waals surface area contributed by atoms with Crippen LogP contribution in [0.4, 0.5) is 0 Å². The van der Waals surface area contributed by atoms with E-state index in [1.165, 1.54) is 43.8 Å². The third-order valence-corrected chi connectivity index (χ3v) is 6.06. The van der Waals surface area contributed by atoms with Gasteiger partial charge in [0.25, 0.3) is 0 Å². The Morgan fingerprint density at radius 1 is 1.44 bits per heavy atom. The third kappa shape index (κ3) is 2.24. The Bertz CT molecular complexity index is 401. The average molecular weight is 264 g/mol. The second-order valence-corrected chi connectivity index (χ2v) is 6.90. The first kappa shape index (κ1) is 12.6. The molecule has 3 heteroatoms. The number of nitrogens with one attached hydrogen (secondary N) is 1. The zero-order valence-electron chi connectivity index (χ0n) is 11.5. The van der Waals surface area contributed by atoms with Crippen LogP contribution in [-0.2, 0) is 6.42 Å². The number of fused-ring (bicyclic) bond motifs is 1. The number of rotatable bonds is 3. The normalized spacial score (nSPS) is 30.3. The Morgan fingerprint density at radius 2 is 2.33 bits per heavy atom. The molecule has 3 atom stereocenters. The van der Waals surface area contributed by atoms with E-state index in [2.05, 4.69) is 36.2 Å². The van der Waals surface area contributed by atoms with Crippen LogP contribution in [0.1, 0.15) is 42.5 Å². The van der Waals surface area contributed by atoms with Crippen molar-refractivity contribution in [3.63, 3.8) is 0 Å². The first-order valence-electron chi connectivity index (χ1n) is 7.34. The summed E-state index contributed by atoms with van der Waals surface area (Å²) >= 11 is 2.01. The summed E-state index contributed by atoms with van der Waals surface area (Å²) in [5.74, 6) is 0.895. The van der Waals surface area contributed by atoms with Gasteiger partial charge in [0.05, 0.1) is 0 Å². The van der Waals surface area contributed by atoms with Crippen molar-refractivity contribution in [2.45, 2.75) is 45.2 Å². The van der Waals surface area contributed by atoms with Gasteiger partial charge in [-0.2, -0.15) is 0 Å². The second-order valence-electron chi connectivity index (χ2n) is 5.70.